The van der Waals surface area contributed by atoms with Crippen LogP contribution >= 0.6 is 11.3 Å². The molecule has 6 nitrogen and oxygen atoms in total. The molecule has 7 heteroatoms. The Balaban J connectivity index is 1.52. The minimum atomic E-state index is 0.332. The molecule has 0 aliphatic rings. The molecule has 1 N–H and O–H groups in total. The van der Waals surface area contributed by atoms with E-state index in [4.69, 9.17) is 0 Å². The lowest BCUT2D eigenvalue weighted by molar-refractivity contribution is -0.593. The van der Waals surface area contributed by atoms with Crippen LogP contribution in [0.5, 0.6) is 0 Å². The molecule has 3 aromatic rings. The van der Waals surface area contributed by atoms with Crippen LogP contribution in [0.4, 0.5) is 5.95 Å². The summed E-state index contributed by atoms with van der Waals surface area (Å²) in [6.45, 7) is 0.691. The molecule has 23 heavy (non-hydrogen) atoms. The van der Waals surface area contributed by atoms with Gasteiger partial charge in [0.2, 0.25) is 0 Å². The van der Waals surface area contributed by atoms with Crippen molar-refractivity contribution in [2.75, 3.05) is 11.9 Å². The van der Waals surface area contributed by atoms with E-state index < -0.39 is 0 Å². The fourth-order valence-corrected chi connectivity index (χ4v) is 2.88. The van der Waals surface area contributed by atoms with Crippen molar-refractivity contribution in [2.45, 2.75) is 19.3 Å². The van der Waals surface area contributed by atoms with Crippen molar-refractivity contribution in [1.29, 1.82) is 0 Å². The number of anilines is 1. The van der Waals surface area contributed by atoms with Crippen LogP contribution in [0, 0.1) is 5.21 Å². The van der Waals surface area contributed by atoms with Crippen molar-refractivity contribution >= 4 is 17.3 Å². The van der Waals surface area contributed by atoms with Gasteiger partial charge >= 0.3 is 5.95 Å². The first-order valence-electron chi connectivity index (χ1n) is 7.40. The van der Waals surface area contributed by atoms with Crippen molar-refractivity contribution in [3.8, 4) is 0 Å². The minimum absolute atomic E-state index is 0.332. The Morgan fingerprint density at radius 1 is 1.17 bits per heavy atom. The fraction of sp³-hybridized carbons (Fsp3) is 0.250. The van der Waals surface area contributed by atoms with Crippen LogP contribution in [0.2, 0.25) is 0 Å². The molecule has 3 rings (SSSR count). The third kappa shape index (κ3) is 4.46. The molecular formula is C16H17N5OS. The normalized spacial score (nSPS) is 10.6. The van der Waals surface area contributed by atoms with Gasteiger partial charge in [-0.1, -0.05) is 11.1 Å². The topological polar surface area (TPSA) is 77.6 Å². The third-order valence-corrected chi connectivity index (χ3v) is 4.15. The number of hydrogen-bond acceptors (Lipinski definition) is 6. The maximum Gasteiger partial charge on any atom is 0.391 e. The molecule has 0 bridgehead atoms. The van der Waals surface area contributed by atoms with Crippen molar-refractivity contribution in [2.24, 2.45) is 0 Å². The molecule has 118 valence electrons. The molecule has 0 aromatic carbocycles. The van der Waals surface area contributed by atoms with Crippen LogP contribution in [0.25, 0.3) is 0 Å². The van der Waals surface area contributed by atoms with E-state index in [1.807, 2.05) is 23.7 Å². The standard InChI is InChI=1S/C16H17N5OS/c22-21-12-14(9-13-3-1-5-17-10-13)11-20-16(21)19-6-2-4-15-18-7-8-23-15/h1,3,5,7-8,10-12H,2,4,6,9H2,(H,19,20). The second-order valence-corrected chi connectivity index (χ2v) is 6.08. The first-order chi connectivity index (χ1) is 11.3. The summed E-state index contributed by atoms with van der Waals surface area (Å²) >= 11 is 1.65. The minimum Gasteiger partial charge on any atom is -0.740 e. The molecule has 0 amide bonds. The fourth-order valence-electron chi connectivity index (χ4n) is 2.22. The molecule has 3 aromatic heterocycles. The van der Waals surface area contributed by atoms with Crippen LogP contribution in [0.3, 0.4) is 0 Å². The summed E-state index contributed by atoms with van der Waals surface area (Å²) in [6.07, 6.45) is 11.1. The molecule has 0 saturated carbocycles. The predicted octanol–water partition coefficient (Wildman–Crippen LogP) is 2.20. The van der Waals surface area contributed by atoms with E-state index >= 15 is 0 Å². The van der Waals surface area contributed by atoms with E-state index in [9.17, 15) is 5.21 Å². The highest BCUT2D eigenvalue weighted by Gasteiger charge is 2.08. The molecule has 3 heterocycles. The summed E-state index contributed by atoms with van der Waals surface area (Å²) in [5.74, 6) is 0.332. The van der Waals surface area contributed by atoms with Crippen LogP contribution in [0.1, 0.15) is 22.6 Å². The number of nitrogens with zero attached hydrogens (tertiary/aromatic N) is 4. The number of aryl methyl sites for hydroxylation is 1. The summed E-state index contributed by atoms with van der Waals surface area (Å²) in [7, 11) is 0. The molecule has 0 atom stereocenters. The lowest BCUT2D eigenvalue weighted by Gasteiger charge is -2.09. The maximum atomic E-state index is 12.0. The van der Waals surface area contributed by atoms with Crippen molar-refractivity contribution in [3.05, 3.63) is 69.8 Å². The Bertz CT molecular complexity index is 733. The number of rotatable bonds is 7. The second kappa shape index (κ2) is 7.64. The third-order valence-electron chi connectivity index (χ3n) is 3.31. The van der Waals surface area contributed by atoms with Crippen LogP contribution < -0.4 is 10.0 Å². The predicted molar refractivity (Wildman–Crippen MR) is 89.2 cm³/mol. The highest BCUT2D eigenvalue weighted by Crippen LogP contribution is 2.08. The summed E-state index contributed by atoms with van der Waals surface area (Å²) in [5.41, 5.74) is 1.92. The van der Waals surface area contributed by atoms with E-state index in [2.05, 4.69) is 20.3 Å². The number of thiazole rings is 1. The molecule has 0 radical (unpaired) electrons. The van der Waals surface area contributed by atoms with Crippen LogP contribution in [0.15, 0.2) is 48.5 Å². The zero-order chi connectivity index (χ0) is 15.9. The smallest absolute Gasteiger partial charge is 0.391 e. The van der Waals surface area contributed by atoms with Crippen molar-refractivity contribution in [1.82, 2.24) is 15.0 Å². The molecule has 0 aliphatic heterocycles. The van der Waals surface area contributed by atoms with E-state index in [0.717, 1.165) is 33.7 Å². The number of nitrogens with one attached hydrogen (secondary N) is 1. The van der Waals surface area contributed by atoms with Gasteiger partial charge in [0, 0.05) is 42.4 Å². The summed E-state index contributed by atoms with van der Waals surface area (Å²) in [4.78, 5) is 12.5. The van der Waals surface area contributed by atoms with Crippen molar-refractivity contribution < 1.29 is 4.73 Å². The average molecular weight is 327 g/mol. The lowest BCUT2D eigenvalue weighted by atomic mass is 10.1. The number of pyridine rings is 1. The monoisotopic (exact) mass is 327 g/mol. The van der Waals surface area contributed by atoms with E-state index in [1.54, 1.807) is 36.1 Å². The van der Waals surface area contributed by atoms with Gasteiger partial charge in [-0.2, -0.15) is 0 Å². The zero-order valence-electron chi connectivity index (χ0n) is 12.6. The van der Waals surface area contributed by atoms with Crippen LogP contribution in [-0.2, 0) is 12.8 Å². The van der Waals surface area contributed by atoms with Gasteiger partial charge in [0.25, 0.3) is 0 Å². The summed E-state index contributed by atoms with van der Waals surface area (Å²) in [5, 5.41) is 18.2. The Labute approximate surface area is 138 Å². The lowest BCUT2D eigenvalue weighted by Crippen LogP contribution is -2.33. The maximum absolute atomic E-state index is 12.0. The van der Waals surface area contributed by atoms with Gasteiger partial charge in [-0.05, 0) is 18.1 Å². The summed E-state index contributed by atoms with van der Waals surface area (Å²) in [6, 6.07) is 3.86. The Hall–Kier alpha value is -2.54. The van der Waals surface area contributed by atoms with Gasteiger partial charge < -0.3 is 5.21 Å². The van der Waals surface area contributed by atoms with Crippen molar-refractivity contribution in [3.63, 3.8) is 0 Å². The highest BCUT2D eigenvalue weighted by molar-refractivity contribution is 7.09. The Morgan fingerprint density at radius 2 is 2.13 bits per heavy atom. The molecule has 0 spiro atoms. The van der Waals surface area contributed by atoms with Gasteiger partial charge in [0.05, 0.1) is 17.7 Å². The molecule has 0 aliphatic carbocycles. The largest absolute Gasteiger partial charge is 0.740 e. The highest BCUT2D eigenvalue weighted by atomic mass is 32.1. The molecular weight excluding hydrogens is 310 g/mol. The van der Waals surface area contributed by atoms with E-state index in [-0.39, 0.29) is 0 Å². The Morgan fingerprint density at radius 3 is 2.87 bits per heavy atom. The molecule has 0 fully saturated rings. The van der Waals surface area contributed by atoms with Crippen LogP contribution in [-0.4, -0.2) is 21.5 Å². The Kier molecular flexibility index (Phi) is 5.10. The van der Waals surface area contributed by atoms with E-state index in [1.165, 1.54) is 0 Å². The zero-order valence-corrected chi connectivity index (χ0v) is 13.4. The first-order valence-corrected chi connectivity index (χ1v) is 8.28. The number of aromatic nitrogens is 4. The van der Waals surface area contributed by atoms with Gasteiger partial charge in [-0.3, -0.25) is 10.3 Å². The molecule has 0 saturated heterocycles. The van der Waals surface area contributed by atoms with Gasteiger partial charge in [-0.25, -0.2) is 9.71 Å². The molecule has 0 unspecified atom stereocenters. The van der Waals surface area contributed by atoms with Gasteiger partial charge in [-0.15, -0.1) is 11.3 Å². The average Bonchev–Trinajstić information content (AvgIpc) is 3.07. The van der Waals surface area contributed by atoms with E-state index in [0.29, 0.717) is 18.9 Å². The first kappa shape index (κ1) is 15.4. The quantitative estimate of drug-likeness (QED) is 0.409. The SMILES string of the molecule is [O-][n+]1cc(Cc2cccnc2)cnc1NCCCc1nccs1. The second-order valence-electron chi connectivity index (χ2n) is 5.11. The summed E-state index contributed by atoms with van der Waals surface area (Å²) < 4.78 is 0.787. The van der Waals surface area contributed by atoms with Gasteiger partial charge in [0.15, 0.2) is 0 Å². The van der Waals surface area contributed by atoms with Gasteiger partial charge in [0.1, 0.15) is 6.20 Å². The number of hydrogen-bond donors (Lipinski definition) is 1.